The van der Waals surface area contributed by atoms with Crippen molar-refractivity contribution >= 4 is 11.6 Å². The van der Waals surface area contributed by atoms with Crippen LogP contribution >= 0.6 is 11.6 Å². The summed E-state index contributed by atoms with van der Waals surface area (Å²) in [6.45, 7) is 0.495. The van der Waals surface area contributed by atoms with Gasteiger partial charge in [-0.3, -0.25) is 0 Å². The van der Waals surface area contributed by atoms with Crippen LogP contribution in [-0.2, 0) is 5.41 Å². The Balaban J connectivity index is 1.88. The molecule has 1 spiro atoms. The fourth-order valence-electron chi connectivity index (χ4n) is 4.64. The largest absolute Gasteiger partial charge is 0.330 e. The molecule has 20 heavy (non-hydrogen) atoms. The molecule has 3 rings (SSSR count). The summed E-state index contributed by atoms with van der Waals surface area (Å²) in [5, 5.41) is 0.541. The van der Waals surface area contributed by atoms with Crippen molar-refractivity contribution in [3.05, 3.63) is 34.6 Å². The molecule has 3 heteroatoms. The lowest BCUT2D eigenvalue weighted by Crippen LogP contribution is -2.54. The molecule has 2 aliphatic carbocycles. The van der Waals surface area contributed by atoms with Crippen molar-refractivity contribution in [2.24, 2.45) is 11.1 Å². The molecule has 2 saturated carbocycles. The first kappa shape index (κ1) is 14.3. The summed E-state index contributed by atoms with van der Waals surface area (Å²) < 4.78 is 14.2. The van der Waals surface area contributed by atoms with E-state index in [1.54, 1.807) is 12.1 Å². The van der Waals surface area contributed by atoms with Crippen LogP contribution in [0.5, 0.6) is 0 Å². The zero-order valence-electron chi connectivity index (χ0n) is 11.9. The zero-order chi connectivity index (χ0) is 14.2. The molecule has 1 aromatic rings. The molecular formula is C17H23ClFN. The molecule has 1 nitrogen and oxygen atoms in total. The minimum absolute atomic E-state index is 0.188. The van der Waals surface area contributed by atoms with Crippen molar-refractivity contribution < 1.29 is 4.39 Å². The summed E-state index contributed by atoms with van der Waals surface area (Å²) in [5.41, 5.74) is 6.88. The number of hydrogen-bond acceptors (Lipinski definition) is 1. The third kappa shape index (κ3) is 2.27. The third-order valence-electron chi connectivity index (χ3n) is 5.47. The van der Waals surface area contributed by atoms with E-state index in [2.05, 4.69) is 0 Å². The van der Waals surface area contributed by atoms with E-state index in [4.69, 9.17) is 17.3 Å². The molecule has 0 bridgehead atoms. The molecule has 0 unspecified atom stereocenters. The topological polar surface area (TPSA) is 26.0 Å². The van der Waals surface area contributed by atoms with Crippen LogP contribution in [0.3, 0.4) is 0 Å². The summed E-state index contributed by atoms with van der Waals surface area (Å²) in [7, 11) is 0. The molecule has 0 radical (unpaired) electrons. The van der Waals surface area contributed by atoms with Crippen LogP contribution in [0.15, 0.2) is 18.2 Å². The van der Waals surface area contributed by atoms with E-state index in [-0.39, 0.29) is 11.2 Å². The Hall–Kier alpha value is -0.600. The van der Waals surface area contributed by atoms with Gasteiger partial charge in [-0.05, 0) is 43.2 Å². The lowest BCUT2D eigenvalue weighted by molar-refractivity contribution is 0.00932. The van der Waals surface area contributed by atoms with Crippen molar-refractivity contribution in [3.8, 4) is 0 Å². The van der Waals surface area contributed by atoms with Gasteiger partial charge in [-0.15, -0.1) is 0 Å². The maximum Gasteiger partial charge on any atom is 0.128 e. The second-order valence-corrected chi connectivity index (χ2v) is 7.26. The van der Waals surface area contributed by atoms with Crippen LogP contribution in [0.4, 0.5) is 4.39 Å². The average Bonchev–Trinajstić information content (AvgIpc) is 2.63. The highest BCUT2D eigenvalue weighted by Gasteiger charge is 2.55. The Bertz CT molecular complexity index is 464. The third-order valence-corrected chi connectivity index (χ3v) is 5.79. The van der Waals surface area contributed by atoms with Gasteiger partial charge in [-0.1, -0.05) is 43.4 Å². The van der Waals surface area contributed by atoms with E-state index >= 15 is 0 Å². The van der Waals surface area contributed by atoms with E-state index in [1.165, 1.54) is 44.6 Å². The van der Waals surface area contributed by atoms with Crippen LogP contribution in [0.25, 0.3) is 0 Å². The van der Waals surface area contributed by atoms with Gasteiger partial charge in [-0.2, -0.15) is 0 Å². The van der Waals surface area contributed by atoms with E-state index in [9.17, 15) is 4.39 Å². The van der Waals surface area contributed by atoms with Crippen molar-refractivity contribution in [2.45, 2.75) is 56.8 Å². The van der Waals surface area contributed by atoms with E-state index in [1.807, 2.05) is 0 Å². The molecule has 2 fully saturated rings. The Morgan fingerprint density at radius 3 is 2.30 bits per heavy atom. The molecule has 0 aliphatic heterocycles. The van der Waals surface area contributed by atoms with Crippen molar-refractivity contribution in [1.82, 2.24) is 0 Å². The molecule has 2 N–H and O–H groups in total. The van der Waals surface area contributed by atoms with Crippen molar-refractivity contribution in [1.29, 1.82) is 0 Å². The van der Waals surface area contributed by atoms with Crippen LogP contribution in [-0.4, -0.2) is 6.54 Å². The maximum atomic E-state index is 14.2. The van der Waals surface area contributed by atoms with Crippen molar-refractivity contribution in [3.63, 3.8) is 0 Å². The number of rotatable bonds is 2. The van der Waals surface area contributed by atoms with Gasteiger partial charge in [-0.25, -0.2) is 4.39 Å². The predicted octanol–water partition coefficient (Wildman–Crippen LogP) is 4.81. The highest BCUT2D eigenvalue weighted by molar-refractivity contribution is 6.31. The highest BCUT2D eigenvalue weighted by atomic mass is 35.5. The number of halogens is 2. The van der Waals surface area contributed by atoms with Crippen molar-refractivity contribution in [2.75, 3.05) is 6.54 Å². The fourth-order valence-corrected chi connectivity index (χ4v) is 5.01. The van der Waals surface area contributed by atoms with E-state index in [0.717, 1.165) is 12.8 Å². The first-order chi connectivity index (χ1) is 9.61. The Morgan fingerprint density at radius 2 is 1.75 bits per heavy atom. The highest BCUT2D eigenvalue weighted by Crippen LogP contribution is 2.62. The summed E-state index contributed by atoms with van der Waals surface area (Å²) >= 11 is 6.27. The molecule has 110 valence electrons. The van der Waals surface area contributed by atoms with Gasteiger partial charge >= 0.3 is 0 Å². The second-order valence-electron chi connectivity index (χ2n) is 6.85. The molecule has 0 aromatic heterocycles. The summed E-state index contributed by atoms with van der Waals surface area (Å²) in [6.07, 6.45) is 9.89. The number of benzene rings is 1. The van der Waals surface area contributed by atoms with Gasteiger partial charge in [0.05, 0.1) is 0 Å². The molecule has 0 amide bonds. The van der Waals surface area contributed by atoms with E-state index < -0.39 is 0 Å². The van der Waals surface area contributed by atoms with Crippen LogP contribution in [0.1, 0.15) is 56.9 Å². The van der Waals surface area contributed by atoms with Crippen LogP contribution in [0.2, 0.25) is 5.02 Å². The standard InChI is InChI=1S/C17H23ClFN/c18-13-6-5-7-14(19)15(13)17(12-20)10-16(11-17)8-3-1-2-4-9-16/h5-7H,1-4,8-12,20H2. The first-order valence-electron chi connectivity index (χ1n) is 7.76. The lowest BCUT2D eigenvalue weighted by atomic mass is 9.48. The van der Waals surface area contributed by atoms with Gasteiger partial charge in [0.25, 0.3) is 0 Å². The quantitative estimate of drug-likeness (QED) is 0.832. The average molecular weight is 296 g/mol. The molecule has 0 atom stereocenters. The molecule has 0 saturated heterocycles. The Kier molecular flexibility index (Phi) is 3.81. The predicted molar refractivity (Wildman–Crippen MR) is 81.5 cm³/mol. The van der Waals surface area contributed by atoms with Gasteiger partial charge in [0.2, 0.25) is 0 Å². The van der Waals surface area contributed by atoms with Gasteiger partial charge in [0.15, 0.2) is 0 Å². The van der Waals surface area contributed by atoms with Gasteiger partial charge < -0.3 is 5.73 Å². The molecule has 0 heterocycles. The van der Waals surface area contributed by atoms with E-state index in [0.29, 0.717) is 22.5 Å². The zero-order valence-corrected chi connectivity index (χ0v) is 12.7. The summed E-state index contributed by atoms with van der Waals surface area (Å²) in [5.74, 6) is -0.188. The smallest absolute Gasteiger partial charge is 0.128 e. The first-order valence-corrected chi connectivity index (χ1v) is 8.13. The second kappa shape index (κ2) is 5.31. The Labute approximate surface area is 125 Å². The molecule has 2 aliphatic rings. The fraction of sp³-hybridized carbons (Fsp3) is 0.647. The normalized spacial score (nSPS) is 24.1. The van der Waals surface area contributed by atoms with Gasteiger partial charge in [0.1, 0.15) is 5.82 Å². The number of nitrogens with two attached hydrogens (primary N) is 1. The molecular weight excluding hydrogens is 273 g/mol. The minimum atomic E-state index is -0.229. The van der Waals surface area contributed by atoms with Crippen LogP contribution < -0.4 is 5.73 Å². The lowest BCUT2D eigenvalue weighted by Gasteiger charge is -2.57. The number of hydrogen-bond donors (Lipinski definition) is 1. The van der Waals surface area contributed by atoms with Crippen LogP contribution in [0, 0.1) is 11.2 Å². The Morgan fingerprint density at radius 1 is 1.10 bits per heavy atom. The summed E-state index contributed by atoms with van der Waals surface area (Å²) in [4.78, 5) is 0. The molecule has 1 aromatic carbocycles. The maximum absolute atomic E-state index is 14.2. The van der Waals surface area contributed by atoms with Gasteiger partial charge in [0, 0.05) is 22.5 Å². The minimum Gasteiger partial charge on any atom is -0.330 e. The summed E-state index contributed by atoms with van der Waals surface area (Å²) in [6, 6.07) is 4.97. The SMILES string of the molecule is NCC1(c2c(F)cccc2Cl)CC2(CCCCCC2)C1. The monoisotopic (exact) mass is 295 g/mol.